The van der Waals surface area contributed by atoms with Gasteiger partial charge in [-0.25, -0.2) is 4.39 Å². The molecule has 0 saturated heterocycles. The highest BCUT2D eigenvalue weighted by atomic mass is 19.1. The summed E-state index contributed by atoms with van der Waals surface area (Å²) in [6.45, 7) is 0.613. The Hall–Kier alpha value is -1.09. The second-order valence-corrected chi connectivity index (χ2v) is 4.98. The summed E-state index contributed by atoms with van der Waals surface area (Å²) in [7, 11) is 0. The van der Waals surface area contributed by atoms with E-state index in [0.717, 1.165) is 19.3 Å². The van der Waals surface area contributed by atoms with E-state index in [1.165, 1.54) is 31.4 Å². The van der Waals surface area contributed by atoms with Crippen LogP contribution < -0.4 is 10.5 Å². The number of hydrogen-bond acceptors (Lipinski definition) is 2. The van der Waals surface area contributed by atoms with Crippen molar-refractivity contribution in [2.75, 3.05) is 6.61 Å². The summed E-state index contributed by atoms with van der Waals surface area (Å²) in [5.41, 5.74) is 6.26. The van der Waals surface area contributed by atoms with Crippen molar-refractivity contribution in [1.82, 2.24) is 0 Å². The zero-order valence-electron chi connectivity index (χ0n) is 10.1. The number of nitrogens with two attached hydrogens (primary N) is 1. The first-order valence-corrected chi connectivity index (χ1v) is 6.35. The minimum absolute atomic E-state index is 0.0434. The van der Waals surface area contributed by atoms with E-state index >= 15 is 0 Å². The summed E-state index contributed by atoms with van der Waals surface area (Å²) in [6.07, 6.45) is 6.84. The molecule has 0 heterocycles. The van der Waals surface area contributed by atoms with Crippen LogP contribution in [0.3, 0.4) is 0 Å². The van der Waals surface area contributed by atoms with Gasteiger partial charge in [0, 0.05) is 5.54 Å². The summed E-state index contributed by atoms with van der Waals surface area (Å²) in [4.78, 5) is 0. The van der Waals surface area contributed by atoms with Crippen LogP contribution in [0.25, 0.3) is 0 Å². The standard InChI is InChI=1S/C14H20FNO/c15-12-4-6-13(7-5-12)17-11-10-14(16)8-2-1-3-9-14/h4-7H,1-3,8-11,16H2. The molecule has 1 aromatic rings. The quantitative estimate of drug-likeness (QED) is 0.872. The van der Waals surface area contributed by atoms with Crippen LogP contribution in [0.5, 0.6) is 5.75 Å². The second kappa shape index (κ2) is 5.50. The van der Waals surface area contributed by atoms with Crippen molar-refractivity contribution in [3.8, 4) is 5.75 Å². The molecule has 1 fully saturated rings. The van der Waals surface area contributed by atoms with E-state index in [1.54, 1.807) is 12.1 Å². The van der Waals surface area contributed by atoms with Gasteiger partial charge in [0.2, 0.25) is 0 Å². The van der Waals surface area contributed by atoms with Crippen molar-refractivity contribution in [2.24, 2.45) is 5.73 Å². The molecular weight excluding hydrogens is 217 g/mol. The third-order valence-corrected chi connectivity index (χ3v) is 3.53. The highest BCUT2D eigenvalue weighted by molar-refractivity contribution is 5.22. The average molecular weight is 237 g/mol. The van der Waals surface area contributed by atoms with E-state index in [2.05, 4.69) is 0 Å². The van der Waals surface area contributed by atoms with Crippen LogP contribution in [0.4, 0.5) is 4.39 Å². The van der Waals surface area contributed by atoms with Gasteiger partial charge in [-0.1, -0.05) is 19.3 Å². The summed E-state index contributed by atoms with van der Waals surface area (Å²) in [6, 6.07) is 6.13. The Balaban J connectivity index is 1.77. The van der Waals surface area contributed by atoms with Crippen LogP contribution in [-0.2, 0) is 0 Å². The number of rotatable bonds is 4. The van der Waals surface area contributed by atoms with Crippen LogP contribution >= 0.6 is 0 Å². The number of ether oxygens (including phenoxy) is 1. The first-order valence-electron chi connectivity index (χ1n) is 6.35. The minimum atomic E-state index is -0.236. The molecule has 0 unspecified atom stereocenters. The van der Waals surface area contributed by atoms with Gasteiger partial charge in [0.15, 0.2) is 0 Å². The third kappa shape index (κ3) is 3.70. The average Bonchev–Trinajstić information content (AvgIpc) is 2.32. The molecule has 1 aliphatic rings. The van der Waals surface area contributed by atoms with Gasteiger partial charge >= 0.3 is 0 Å². The van der Waals surface area contributed by atoms with Crippen molar-refractivity contribution in [2.45, 2.75) is 44.1 Å². The fourth-order valence-corrected chi connectivity index (χ4v) is 2.41. The summed E-state index contributed by atoms with van der Waals surface area (Å²) >= 11 is 0. The Morgan fingerprint density at radius 2 is 1.76 bits per heavy atom. The van der Waals surface area contributed by atoms with Crippen LogP contribution in [-0.4, -0.2) is 12.1 Å². The maximum Gasteiger partial charge on any atom is 0.123 e. The Morgan fingerprint density at radius 3 is 2.41 bits per heavy atom. The summed E-state index contributed by atoms with van der Waals surface area (Å²) < 4.78 is 18.3. The Morgan fingerprint density at radius 1 is 1.12 bits per heavy atom. The second-order valence-electron chi connectivity index (χ2n) is 4.98. The third-order valence-electron chi connectivity index (χ3n) is 3.53. The highest BCUT2D eigenvalue weighted by Crippen LogP contribution is 2.28. The molecule has 17 heavy (non-hydrogen) atoms. The molecule has 0 radical (unpaired) electrons. The molecule has 0 aromatic heterocycles. The topological polar surface area (TPSA) is 35.2 Å². The maximum atomic E-state index is 12.7. The van der Waals surface area contributed by atoms with E-state index in [0.29, 0.717) is 12.4 Å². The lowest BCUT2D eigenvalue weighted by Gasteiger charge is -2.33. The zero-order chi connectivity index (χ0) is 12.1. The van der Waals surface area contributed by atoms with Crippen LogP contribution in [0.1, 0.15) is 38.5 Å². The number of hydrogen-bond donors (Lipinski definition) is 1. The van der Waals surface area contributed by atoms with Crippen LogP contribution in [0.2, 0.25) is 0 Å². The molecule has 1 aromatic carbocycles. The number of halogens is 1. The molecule has 2 nitrogen and oxygen atoms in total. The van der Waals surface area contributed by atoms with Gasteiger partial charge in [-0.15, -0.1) is 0 Å². The first-order chi connectivity index (χ1) is 8.18. The lowest BCUT2D eigenvalue weighted by Crippen LogP contribution is -2.42. The molecule has 1 saturated carbocycles. The van der Waals surface area contributed by atoms with Gasteiger partial charge < -0.3 is 10.5 Å². The molecule has 2 N–H and O–H groups in total. The van der Waals surface area contributed by atoms with E-state index in [9.17, 15) is 4.39 Å². The molecule has 0 bridgehead atoms. The monoisotopic (exact) mass is 237 g/mol. The molecule has 94 valence electrons. The Labute approximate surface area is 102 Å². The Bertz CT molecular complexity index is 344. The minimum Gasteiger partial charge on any atom is -0.494 e. The van der Waals surface area contributed by atoms with Crippen molar-refractivity contribution in [1.29, 1.82) is 0 Å². The molecule has 1 aliphatic carbocycles. The van der Waals surface area contributed by atoms with Gasteiger partial charge in [0.05, 0.1) is 6.61 Å². The largest absolute Gasteiger partial charge is 0.494 e. The van der Waals surface area contributed by atoms with Gasteiger partial charge in [-0.05, 0) is 43.5 Å². The normalized spacial score (nSPS) is 18.9. The Kier molecular flexibility index (Phi) is 4.00. The molecule has 0 aliphatic heterocycles. The zero-order valence-corrected chi connectivity index (χ0v) is 10.1. The number of benzene rings is 1. The van der Waals surface area contributed by atoms with Gasteiger partial charge in [-0.3, -0.25) is 0 Å². The summed E-state index contributed by atoms with van der Waals surface area (Å²) in [5.74, 6) is 0.478. The van der Waals surface area contributed by atoms with E-state index in [1.807, 2.05) is 0 Å². The van der Waals surface area contributed by atoms with Crippen molar-refractivity contribution in [3.05, 3.63) is 30.1 Å². The molecule has 0 atom stereocenters. The predicted octanol–water partition coefficient (Wildman–Crippen LogP) is 3.26. The van der Waals surface area contributed by atoms with Crippen molar-refractivity contribution < 1.29 is 9.13 Å². The molecule has 0 amide bonds. The SMILES string of the molecule is NC1(CCOc2ccc(F)cc2)CCCCC1. The lowest BCUT2D eigenvalue weighted by molar-refractivity contribution is 0.214. The summed E-state index contributed by atoms with van der Waals surface area (Å²) in [5, 5.41) is 0. The lowest BCUT2D eigenvalue weighted by atomic mass is 9.80. The van der Waals surface area contributed by atoms with Crippen LogP contribution in [0, 0.1) is 5.82 Å². The fourth-order valence-electron chi connectivity index (χ4n) is 2.41. The van der Waals surface area contributed by atoms with E-state index < -0.39 is 0 Å². The van der Waals surface area contributed by atoms with Gasteiger partial charge in [0.25, 0.3) is 0 Å². The molecule has 0 spiro atoms. The van der Waals surface area contributed by atoms with Gasteiger partial charge in [0.1, 0.15) is 11.6 Å². The molecule has 3 heteroatoms. The predicted molar refractivity (Wildman–Crippen MR) is 66.5 cm³/mol. The van der Waals surface area contributed by atoms with Gasteiger partial charge in [-0.2, -0.15) is 0 Å². The molecule has 2 rings (SSSR count). The van der Waals surface area contributed by atoms with E-state index in [4.69, 9.17) is 10.5 Å². The fraction of sp³-hybridized carbons (Fsp3) is 0.571. The van der Waals surface area contributed by atoms with Crippen molar-refractivity contribution in [3.63, 3.8) is 0 Å². The highest BCUT2D eigenvalue weighted by Gasteiger charge is 2.26. The van der Waals surface area contributed by atoms with Crippen molar-refractivity contribution >= 4 is 0 Å². The molecular formula is C14H20FNO. The van der Waals surface area contributed by atoms with E-state index in [-0.39, 0.29) is 11.4 Å². The smallest absolute Gasteiger partial charge is 0.123 e. The van der Waals surface area contributed by atoms with Crippen LogP contribution in [0.15, 0.2) is 24.3 Å². The first kappa shape index (κ1) is 12.4. The maximum absolute atomic E-state index is 12.7.